The third-order valence-corrected chi connectivity index (χ3v) is 4.28. The fraction of sp³-hybridized carbons (Fsp3) is 0.0588. The zero-order chi connectivity index (χ0) is 17.8. The third-order valence-electron chi connectivity index (χ3n) is 3.14. The molecule has 25 heavy (non-hydrogen) atoms. The Morgan fingerprint density at radius 3 is 2.68 bits per heavy atom. The highest BCUT2D eigenvalue weighted by molar-refractivity contribution is 7.99. The van der Waals surface area contributed by atoms with Crippen LogP contribution in [0.1, 0.15) is 0 Å². The molecule has 1 aromatic heterocycles. The molecule has 0 atom stereocenters. The molecule has 0 aliphatic heterocycles. The summed E-state index contributed by atoms with van der Waals surface area (Å²) in [5, 5.41) is 2.85. The van der Waals surface area contributed by atoms with Crippen LogP contribution in [-0.4, -0.2) is 16.6 Å². The van der Waals surface area contributed by atoms with Gasteiger partial charge in [-0.15, -0.1) is 0 Å². The van der Waals surface area contributed by atoms with E-state index in [0.29, 0.717) is 22.2 Å². The molecule has 4 nitrogen and oxygen atoms in total. The molecule has 2 aromatic carbocycles. The number of amides is 1. The van der Waals surface area contributed by atoms with Gasteiger partial charge in [0.15, 0.2) is 5.76 Å². The average molecular weight is 381 g/mol. The van der Waals surface area contributed by atoms with Gasteiger partial charge in [0.1, 0.15) is 11.6 Å². The Morgan fingerprint density at radius 2 is 1.96 bits per heavy atom. The SMILES string of the molecule is O=C(CSc1ncc(-c2ccc(F)cc2)o1)Nc1ccc(F)c(Cl)c1. The van der Waals surface area contributed by atoms with E-state index in [0.717, 1.165) is 11.8 Å². The van der Waals surface area contributed by atoms with Crippen LogP contribution in [0.5, 0.6) is 0 Å². The van der Waals surface area contributed by atoms with Crippen molar-refractivity contribution in [1.29, 1.82) is 0 Å². The number of oxazole rings is 1. The number of nitrogens with zero attached hydrogens (tertiary/aromatic N) is 1. The summed E-state index contributed by atoms with van der Waals surface area (Å²) in [7, 11) is 0. The number of halogens is 3. The van der Waals surface area contributed by atoms with Crippen LogP contribution in [0, 0.1) is 11.6 Å². The monoisotopic (exact) mass is 380 g/mol. The number of rotatable bonds is 5. The van der Waals surface area contributed by atoms with Gasteiger partial charge in [-0.1, -0.05) is 23.4 Å². The van der Waals surface area contributed by atoms with Gasteiger partial charge in [-0.2, -0.15) is 0 Å². The molecule has 0 unspecified atom stereocenters. The van der Waals surface area contributed by atoms with E-state index in [1.165, 1.54) is 36.5 Å². The minimum Gasteiger partial charge on any atom is -0.431 e. The van der Waals surface area contributed by atoms with Gasteiger partial charge in [0.05, 0.1) is 17.0 Å². The topological polar surface area (TPSA) is 55.1 Å². The summed E-state index contributed by atoms with van der Waals surface area (Å²) in [4.78, 5) is 16.0. The maximum absolute atomic E-state index is 13.1. The van der Waals surface area contributed by atoms with Gasteiger partial charge in [0.25, 0.3) is 5.22 Å². The van der Waals surface area contributed by atoms with Crippen LogP contribution < -0.4 is 5.32 Å². The maximum Gasteiger partial charge on any atom is 0.256 e. The molecule has 8 heteroatoms. The lowest BCUT2D eigenvalue weighted by molar-refractivity contribution is -0.113. The highest BCUT2D eigenvalue weighted by atomic mass is 35.5. The van der Waals surface area contributed by atoms with Crippen molar-refractivity contribution in [2.75, 3.05) is 11.1 Å². The predicted molar refractivity (Wildman–Crippen MR) is 92.7 cm³/mol. The smallest absolute Gasteiger partial charge is 0.256 e. The molecule has 0 radical (unpaired) electrons. The first-order valence-electron chi connectivity index (χ1n) is 7.11. The molecular weight excluding hydrogens is 370 g/mol. The minimum absolute atomic E-state index is 0.0539. The number of aromatic nitrogens is 1. The lowest BCUT2D eigenvalue weighted by atomic mass is 10.2. The number of carbonyl (C=O) groups excluding carboxylic acids is 1. The van der Waals surface area contributed by atoms with Crippen LogP contribution in [-0.2, 0) is 4.79 Å². The second-order valence-electron chi connectivity index (χ2n) is 4.96. The first-order chi connectivity index (χ1) is 12.0. The summed E-state index contributed by atoms with van der Waals surface area (Å²) in [5.41, 5.74) is 1.09. The second-order valence-corrected chi connectivity index (χ2v) is 6.30. The number of benzene rings is 2. The lowest BCUT2D eigenvalue weighted by Crippen LogP contribution is -2.14. The average Bonchev–Trinajstić information content (AvgIpc) is 3.06. The van der Waals surface area contributed by atoms with E-state index in [4.69, 9.17) is 16.0 Å². The van der Waals surface area contributed by atoms with E-state index >= 15 is 0 Å². The van der Waals surface area contributed by atoms with Crippen molar-refractivity contribution in [1.82, 2.24) is 4.98 Å². The highest BCUT2D eigenvalue weighted by Crippen LogP contribution is 2.26. The number of carbonyl (C=O) groups is 1. The van der Waals surface area contributed by atoms with Gasteiger partial charge < -0.3 is 9.73 Å². The van der Waals surface area contributed by atoms with Crippen LogP contribution in [0.4, 0.5) is 14.5 Å². The van der Waals surface area contributed by atoms with Crippen molar-refractivity contribution >= 4 is 35.0 Å². The Balaban J connectivity index is 1.57. The van der Waals surface area contributed by atoms with Gasteiger partial charge in [-0.3, -0.25) is 4.79 Å². The molecule has 0 saturated heterocycles. The Bertz CT molecular complexity index is 900. The molecule has 1 N–H and O–H groups in total. The minimum atomic E-state index is -0.554. The second kappa shape index (κ2) is 7.67. The molecule has 0 spiro atoms. The summed E-state index contributed by atoms with van der Waals surface area (Å²) in [6.45, 7) is 0. The van der Waals surface area contributed by atoms with Crippen molar-refractivity contribution in [2.45, 2.75) is 5.22 Å². The fourth-order valence-corrected chi connectivity index (χ4v) is 2.75. The van der Waals surface area contributed by atoms with Gasteiger partial charge in [0.2, 0.25) is 5.91 Å². The Morgan fingerprint density at radius 1 is 1.20 bits per heavy atom. The standard InChI is InChI=1S/C17H11ClF2N2O2S/c18-13-7-12(5-6-14(13)20)22-16(23)9-25-17-21-8-15(24-17)10-1-3-11(19)4-2-10/h1-8H,9H2,(H,22,23). The summed E-state index contributed by atoms with van der Waals surface area (Å²) in [6, 6.07) is 9.73. The normalized spacial score (nSPS) is 10.7. The zero-order valence-electron chi connectivity index (χ0n) is 12.6. The Hall–Kier alpha value is -2.38. The summed E-state index contributed by atoms with van der Waals surface area (Å²) >= 11 is 6.76. The molecule has 0 aliphatic carbocycles. The van der Waals surface area contributed by atoms with Crippen molar-refractivity contribution in [3.05, 3.63) is 65.3 Å². The van der Waals surface area contributed by atoms with E-state index in [1.807, 2.05) is 0 Å². The number of anilines is 1. The summed E-state index contributed by atoms with van der Waals surface area (Å²) < 4.78 is 31.5. The number of hydrogen-bond donors (Lipinski definition) is 1. The van der Waals surface area contributed by atoms with Gasteiger partial charge in [-0.25, -0.2) is 13.8 Å². The Kier molecular flexibility index (Phi) is 5.35. The molecule has 0 bridgehead atoms. The molecule has 1 heterocycles. The first-order valence-corrected chi connectivity index (χ1v) is 8.47. The fourth-order valence-electron chi connectivity index (χ4n) is 1.97. The molecule has 1 amide bonds. The summed E-state index contributed by atoms with van der Waals surface area (Å²) in [6.07, 6.45) is 1.51. The van der Waals surface area contributed by atoms with E-state index < -0.39 is 5.82 Å². The number of thioether (sulfide) groups is 1. The molecule has 128 valence electrons. The van der Waals surface area contributed by atoms with Gasteiger partial charge >= 0.3 is 0 Å². The molecular formula is C17H11ClF2N2O2S. The molecule has 0 saturated carbocycles. The first kappa shape index (κ1) is 17.4. The van der Waals surface area contributed by atoms with Crippen LogP contribution in [0.15, 0.2) is 58.3 Å². The van der Waals surface area contributed by atoms with E-state index in [1.54, 1.807) is 12.1 Å². The van der Waals surface area contributed by atoms with Crippen LogP contribution in [0.3, 0.4) is 0 Å². The van der Waals surface area contributed by atoms with Crippen LogP contribution >= 0.6 is 23.4 Å². The van der Waals surface area contributed by atoms with E-state index in [2.05, 4.69) is 10.3 Å². The van der Waals surface area contributed by atoms with Crippen molar-refractivity contribution in [3.63, 3.8) is 0 Å². The van der Waals surface area contributed by atoms with E-state index in [-0.39, 0.29) is 22.5 Å². The van der Waals surface area contributed by atoms with Crippen molar-refractivity contribution in [3.8, 4) is 11.3 Å². The zero-order valence-corrected chi connectivity index (χ0v) is 14.2. The highest BCUT2D eigenvalue weighted by Gasteiger charge is 2.11. The van der Waals surface area contributed by atoms with Crippen molar-refractivity contribution < 1.29 is 18.0 Å². The molecule has 0 fully saturated rings. The van der Waals surface area contributed by atoms with Gasteiger partial charge in [-0.05, 0) is 42.5 Å². The van der Waals surface area contributed by atoms with E-state index in [9.17, 15) is 13.6 Å². The molecule has 0 aliphatic rings. The van der Waals surface area contributed by atoms with Crippen molar-refractivity contribution in [2.24, 2.45) is 0 Å². The predicted octanol–water partition coefficient (Wildman–Crippen LogP) is 5.00. The summed E-state index contributed by atoms with van der Waals surface area (Å²) in [5.74, 6) is -0.668. The van der Waals surface area contributed by atoms with Crippen LogP contribution in [0.2, 0.25) is 5.02 Å². The number of hydrogen-bond acceptors (Lipinski definition) is 4. The quantitative estimate of drug-likeness (QED) is 0.632. The third kappa shape index (κ3) is 4.58. The van der Waals surface area contributed by atoms with Crippen LogP contribution in [0.25, 0.3) is 11.3 Å². The van der Waals surface area contributed by atoms with Gasteiger partial charge in [0, 0.05) is 11.3 Å². The lowest BCUT2D eigenvalue weighted by Gasteiger charge is -2.04. The largest absolute Gasteiger partial charge is 0.431 e. The molecule has 3 aromatic rings. The molecule has 3 rings (SSSR count). The maximum atomic E-state index is 13.1. The Labute approximate surface area is 151 Å². The number of nitrogens with one attached hydrogen (secondary N) is 1.